The van der Waals surface area contributed by atoms with E-state index in [1.54, 1.807) is 7.11 Å². The van der Waals surface area contributed by atoms with Crippen LogP contribution < -0.4 is 15.0 Å². The Bertz CT molecular complexity index is 769. The summed E-state index contributed by atoms with van der Waals surface area (Å²) >= 11 is 0. The molecule has 2 aromatic carbocycles. The molecule has 0 bridgehead atoms. The molecule has 2 N–H and O–H groups in total. The number of nitrogens with two attached hydrogens (primary N) is 1. The summed E-state index contributed by atoms with van der Waals surface area (Å²) in [6, 6.07) is 17.6. The first-order valence-electron chi connectivity index (χ1n) is 11.2. The number of rotatable bonds is 9. The number of ether oxygens (including phenoxy) is 2. The van der Waals surface area contributed by atoms with Gasteiger partial charge in [0.15, 0.2) is 0 Å². The summed E-state index contributed by atoms with van der Waals surface area (Å²) in [4.78, 5) is 2.14. The molecule has 0 spiro atoms. The van der Waals surface area contributed by atoms with Crippen LogP contribution in [0.3, 0.4) is 0 Å². The van der Waals surface area contributed by atoms with E-state index in [1.165, 1.54) is 23.2 Å². The lowest BCUT2D eigenvalue weighted by Gasteiger charge is -2.39. The van der Waals surface area contributed by atoms with Gasteiger partial charge in [-0.1, -0.05) is 24.3 Å². The van der Waals surface area contributed by atoms with Gasteiger partial charge in [0.2, 0.25) is 0 Å². The summed E-state index contributed by atoms with van der Waals surface area (Å²) in [5, 5.41) is 2.45. The minimum Gasteiger partial charge on any atom is -0.497 e. The molecule has 3 rings (SSSR count). The Morgan fingerprint density at radius 1 is 1.10 bits per heavy atom. The van der Waals surface area contributed by atoms with Crippen LogP contribution in [0.25, 0.3) is 0 Å². The van der Waals surface area contributed by atoms with Crippen molar-refractivity contribution in [3.05, 3.63) is 59.7 Å². The predicted molar refractivity (Wildman–Crippen MR) is 124 cm³/mol. The fourth-order valence-electron chi connectivity index (χ4n) is 4.64. The summed E-state index contributed by atoms with van der Waals surface area (Å²) < 4.78 is 11.4. The van der Waals surface area contributed by atoms with Crippen molar-refractivity contribution in [2.75, 3.05) is 39.3 Å². The molecule has 1 aliphatic rings. The molecule has 0 aromatic heterocycles. The Balaban J connectivity index is 1.61. The van der Waals surface area contributed by atoms with Gasteiger partial charge in [-0.25, -0.2) is 0 Å². The Labute approximate surface area is 182 Å². The average molecular weight is 412 g/mol. The topological polar surface area (TPSA) is 38.3 Å². The van der Waals surface area contributed by atoms with Gasteiger partial charge in [0.25, 0.3) is 0 Å². The highest BCUT2D eigenvalue weighted by Gasteiger charge is 2.34. The molecule has 4 nitrogen and oxygen atoms in total. The largest absolute Gasteiger partial charge is 0.497 e. The van der Waals surface area contributed by atoms with Crippen LogP contribution in [-0.2, 0) is 11.3 Å². The first-order chi connectivity index (χ1) is 14.4. The minimum absolute atomic E-state index is 0.0223. The van der Waals surface area contributed by atoms with Crippen LogP contribution in [0.1, 0.15) is 50.2 Å². The Hall–Kier alpha value is -2.04. The quantitative estimate of drug-likeness (QED) is 0.629. The van der Waals surface area contributed by atoms with Gasteiger partial charge < -0.3 is 19.7 Å². The maximum absolute atomic E-state index is 6.00. The third kappa shape index (κ3) is 6.23. The molecule has 2 aromatic rings. The number of hydrogen-bond acceptors (Lipinski definition) is 3. The molecule has 0 saturated carbocycles. The molecule has 0 unspecified atom stereocenters. The van der Waals surface area contributed by atoms with Crippen molar-refractivity contribution in [1.29, 1.82) is 0 Å². The van der Waals surface area contributed by atoms with Crippen molar-refractivity contribution in [2.45, 2.75) is 51.2 Å². The summed E-state index contributed by atoms with van der Waals surface area (Å²) in [5.41, 5.74) is 4.04. The van der Waals surface area contributed by atoms with Crippen molar-refractivity contribution >= 4 is 5.69 Å². The Morgan fingerprint density at radius 3 is 2.40 bits per heavy atom. The molecule has 2 atom stereocenters. The van der Waals surface area contributed by atoms with Crippen LogP contribution >= 0.6 is 0 Å². The van der Waals surface area contributed by atoms with Gasteiger partial charge in [-0.2, -0.15) is 0 Å². The van der Waals surface area contributed by atoms with Gasteiger partial charge in [0.1, 0.15) is 12.3 Å². The van der Waals surface area contributed by atoms with E-state index in [1.807, 2.05) is 0 Å². The number of anilines is 1. The van der Waals surface area contributed by atoms with Crippen LogP contribution in [0.4, 0.5) is 5.69 Å². The average Bonchev–Trinajstić information content (AvgIpc) is 2.73. The zero-order valence-electron chi connectivity index (χ0n) is 19.4. The Kier molecular flexibility index (Phi) is 7.79. The molecule has 0 radical (unpaired) electrons. The third-order valence-corrected chi connectivity index (χ3v) is 6.36. The summed E-state index contributed by atoms with van der Waals surface area (Å²) in [5.74, 6) is 2.15. The number of hydrogen-bond donors (Lipinski definition) is 1. The lowest BCUT2D eigenvalue weighted by atomic mass is 9.75. The summed E-state index contributed by atoms with van der Waals surface area (Å²) in [6.45, 7) is 7.49. The maximum atomic E-state index is 6.00. The normalized spacial score (nSPS) is 19.3. The summed E-state index contributed by atoms with van der Waals surface area (Å²) in [6.07, 6.45) is 3.45. The molecule has 1 aliphatic heterocycles. The fourth-order valence-corrected chi connectivity index (χ4v) is 4.64. The van der Waals surface area contributed by atoms with Gasteiger partial charge in [-0.3, -0.25) is 0 Å². The second-order valence-electron chi connectivity index (χ2n) is 9.37. The monoisotopic (exact) mass is 411 g/mol. The van der Waals surface area contributed by atoms with Crippen LogP contribution in [0.15, 0.2) is 48.5 Å². The molecule has 164 valence electrons. The van der Waals surface area contributed by atoms with E-state index in [2.05, 4.69) is 86.7 Å². The van der Waals surface area contributed by atoms with E-state index in [0.29, 0.717) is 11.8 Å². The molecule has 1 heterocycles. The number of quaternary nitrogens is 1. The van der Waals surface area contributed by atoms with Crippen molar-refractivity contribution < 1.29 is 14.8 Å². The molecule has 4 heteroatoms. The first-order valence-corrected chi connectivity index (χ1v) is 11.2. The second-order valence-corrected chi connectivity index (χ2v) is 9.37. The number of methoxy groups -OCH3 is 1. The number of nitrogens with zero attached hydrogens (tertiary/aromatic N) is 1. The smallest absolute Gasteiger partial charge is 0.118 e. The molecular weight excluding hydrogens is 372 g/mol. The van der Waals surface area contributed by atoms with Gasteiger partial charge >= 0.3 is 0 Å². The van der Waals surface area contributed by atoms with Gasteiger partial charge in [-0.15, -0.1) is 0 Å². The molecular formula is C26H39N2O2+. The van der Waals surface area contributed by atoms with E-state index < -0.39 is 0 Å². The zero-order valence-corrected chi connectivity index (χ0v) is 19.4. The highest BCUT2D eigenvalue weighted by atomic mass is 16.5. The Morgan fingerprint density at radius 2 is 1.80 bits per heavy atom. The van der Waals surface area contributed by atoms with Crippen molar-refractivity contribution in [1.82, 2.24) is 0 Å². The molecule has 30 heavy (non-hydrogen) atoms. The van der Waals surface area contributed by atoms with Gasteiger partial charge in [0.05, 0.1) is 19.3 Å². The van der Waals surface area contributed by atoms with Gasteiger partial charge in [-0.05, 0) is 68.4 Å². The van der Waals surface area contributed by atoms with Crippen molar-refractivity contribution in [3.63, 3.8) is 0 Å². The molecule has 1 saturated heterocycles. The van der Waals surface area contributed by atoms with E-state index >= 15 is 0 Å². The third-order valence-electron chi connectivity index (χ3n) is 6.36. The molecule has 0 amide bonds. The molecule has 1 fully saturated rings. The first kappa shape index (κ1) is 22.6. The van der Waals surface area contributed by atoms with E-state index in [0.717, 1.165) is 38.3 Å². The van der Waals surface area contributed by atoms with E-state index in [-0.39, 0.29) is 5.60 Å². The minimum atomic E-state index is -0.0223. The van der Waals surface area contributed by atoms with Crippen molar-refractivity contribution in [2.24, 2.45) is 5.92 Å². The SMILES string of the molecule is COc1ccc([C@H](CC[NH2+]Cc2ccc(N(C)C)cc2)[C@H]2CCOC(C)(C)C2)cc1. The highest BCUT2D eigenvalue weighted by molar-refractivity contribution is 5.45. The second kappa shape index (κ2) is 10.3. The van der Waals surface area contributed by atoms with Crippen LogP contribution in [0.2, 0.25) is 0 Å². The summed E-state index contributed by atoms with van der Waals surface area (Å²) in [7, 11) is 5.89. The van der Waals surface area contributed by atoms with Crippen LogP contribution in [0.5, 0.6) is 5.75 Å². The lowest BCUT2D eigenvalue weighted by molar-refractivity contribution is -0.671. The zero-order chi connectivity index (χ0) is 21.6. The van der Waals surface area contributed by atoms with Crippen LogP contribution in [-0.4, -0.2) is 40.0 Å². The molecule has 0 aliphatic carbocycles. The fraction of sp³-hybridized carbons (Fsp3) is 0.538. The standard InChI is InChI=1S/C26H38N2O2/c1-26(2)18-22(15-17-30-26)25(21-8-12-24(29-5)13-9-21)14-16-27-19-20-6-10-23(11-7-20)28(3)4/h6-13,22,25,27H,14-19H2,1-5H3/p+1/t22-,25-/m0/s1. The highest BCUT2D eigenvalue weighted by Crippen LogP contribution is 2.40. The van der Waals surface area contributed by atoms with Gasteiger partial charge in [0, 0.05) is 38.4 Å². The van der Waals surface area contributed by atoms with Crippen LogP contribution in [0, 0.1) is 5.92 Å². The number of benzene rings is 2. The maximum Gasteiger partial charge on any atom is 0.118 e. The van der Waals surface area contributed by atoms with E-state index in [9.17, 15) is 0 Å². The van der Waals surface area contributed by atoms with Crippen molar-refractivity contribution in [3.8, 4) is 5.75 Å². The van der Waals surface area contributed by atoms with E-state index in [4.69, 9.17) is 9.47 Å². The predicted octanol–water partition coefficient (Wildman–Crippen LogP) is 4.20. The lowest BCUT2D eigenvalue weighted by Crippen LogP contribution is -2.82.